The van der Waals surface area contributed by atoms with Crippen LogP contribution in [0.25, 0.3) is 5.69 Å². The van der Waals surface area contributed by atoms with E-state index in [4.69, 9.17) is 9.84 Å². The Hall–Kier alpha value is -1.88. The first-order valence-corrected chi connectivity index (χ1v) is 4.47. The van der Waals surface area contributed by atoms with E-state index in [0.29, 0.717) is 5.75 Å². The number of nitrogens with zero attached hydrogens (tertiary/aromatic N) is 3. The number of hydrogen-bond acceptors (Lipinski definition) is 4. The molecule has 0 aromatic carbocycles. The second kappa shape index (κ2) is 4.10. The summed E-state index contributed by atoms with van der Waals surface area (Å²) in [4.78, 5) is 4.02. The Morgan fingerprint density at radius 3 is 2.93 bits per heavy atom. The summed E-state index contributed by atoms with van der Waals surface area (Å²) in [5, 5.41) is 13.0. The Labute approximate surface area is 87.0 Å². The zero-order chi connectivity index (χ0) is 10.7. The fourth-order valence-electron chi connectivity index (χ4n) is 1.23. The zero-order valence-corrected chi connectivity index (χ0v) is 8.29. The number of aliphatic hydroxyl groups is 1. The van der Waals surface area contributed by atoms with Gasteiger partial charge in [0.25, 0.3) is 0 Å². The van der Waals surface area contributed by atoms with Crippen LogP contribution in [-0.2, 0) is 6.61 Å². The van der Waals surface area contributed by atoms with E-state index in [2.05, 4.69) is 10.1 Å². The van der Waals surface area contributed by atoms with Gasteiger partial charge in [0.1, 0.15) is 5.75 Å². The van der Waals surface area contributed by atoms with E-state index < -0.39 is 0 Å². The molecule has 0 bridgehead atoms. The first-order chi connectivity index (χ1) is 7.33. The summed E-state index contributed by atoms with van der Waals surface area (Å²) >= 11 is 0. The van der Waals surface area contributed by atoms with Gasteiger partial charge < -0.3 is 9.84 Å². The largest absolute Gasteiger partial charge is 0.495 e. The van der Waals surface area contributed by atoms with Crippen molar-refractivity contribution in [3.8, 4) is 11.4 Å². The van der Waals surface area contributed by atoms with Gasteiger partial charge >= 0.3 is 0 Å². The maximum Gasteiger partial charge on any atom is 0.139 e. The van der Waals surface area contributed by atoms with Gasteiger partial charge in [0, 0.05) is 17.8 Å². The highest BCUT2D eigenvalue weighted by Gasteiger charge is 2.01. The monoisotopic (exact) mass is 205 g/mol. The van der Waals surface area contributed by atoms with Crippen LogP contribution in [0.15, 0.2) is 30.9 Å². The highest BCUT2D eigenvalue weighted by Crippen LogP contribution is 2.14. The molecule has 0 fully saturated rings. The van der Waals surface area contributed by atoms with Crippen LogP contribution in [-0.4, -0.2) is 27.0 Å². The van der Waals surface area contributed by atoms with Crippen LogP contribution in [0, 0.1) is 0 Å². The van der Waals surface area contributed by atoms with Crippen LogP contribution < -0.4 is 4.74 Å². The average molecular weight is 205 g/mol. The molecule has 5 heteroatoms. The van der Waals surface area contributed by atoms with Crippen molar-refractivity contribution in [1.82, 2.24) is 14.8 Å². The minimum atomic E-state index is -0.0165. The first-order valence-electron chi connectivity index (χ1n) is 4.47. The maximum absolute atomic E-state index is 8.90. The van der Waals surface area contributed by atoms with Crippen LogP contribution in [0.2, 0.25) is 0 Å². The van der Waals surface area contributed by atoms with E-state index in [0.717, 1.165) is 11.3 Å². The summed E-state index contributed by atoms with van der Waals surface area (Å²) in [6.07, 6.45) is 6.66. The molecule has 15 heavy (non-hydrogen) atoms. The third-order valence-corrected chi connectivity index (χ3v) is 2.02. The summed E-state index contributed by atoms with van der Waals surface area (Å²) in [5.74, 6) is 0.675. The maximum atomic E-state index is 8.90. The van der Waals surface area contributed by atoms with Crippen LogP contribution in [0.3, 0.4) is 0 Å². The van der Waals surface area contributed by atoms with Gasteiger partial charge in [0.05, 0.1) is 38.0 Å². The highest BCUT2D eigenvalue weighted by atomic mass is 16.5. The molecule has 0 aliphatic rings. The lowest BCUT2D eigenvalue weighted by Crippen LogP contribution is -1.96. The topological polar surface area (TPSA) is 60.2 Å². The fraction of sp³-hybridized carbons (Fsp3) is 0.200. The minimum Gasteiger partial charge on any atom is -0.495 e. The van der Waals surface area contributed by atoms with Crippen molar-refractivity contribution in [1.29, 1.82) is 0 Å². The zero-order valence-electron chi connectivity index (χ0n) is 8.29. The lowest BCUT2D eigenvalue weighted by atomic mass is 10.4. The molecular weight excluding hydrogens is 194 g/mol. The van der Waals surface area contributed by atoms with Gasteiger partial charge in [-0.05, 0) is 0 Å². The molecule has 2 aromatic heterocycles. The second-order valence-corrected chi connectivity index (χ2v) is 3.03. The predicted octanol–water partition coefficient (Wildman–Crippen LogP) is 0.768. The van der Waals surface area contributed by atoms with Crippen molar-refractivity contribution in [3.63, 3.8) is 0 Å². The van der Waals surface area contributed by atoms with Gasteiger partial charge in [-0.3, -0.25) is 4.98 Å². The minimum absolute atomic E-state index is 0.0165. The summed E-state index contributed by atoms with van der Waals surface area (Å²) in [5.41, 5.74) is 1.56. The smallest absolute Gasteiger partial charge is 0.139 e. The number of pyridine rings is 1. The van der Waals surface area contributed by atoms with Crippen LogP contribution >= 0.6 is 0 Å². The molecule has 1 N–H and O–H groups in total. The second-order valence-electron chi connectivity index (χ2n) is 3.03. The Kier molecular flexibility index (Phi) is 2.64. The van der Waals surface area contributed by atoms with Crippen molar-refractivity contribution >= 4 is 0 Å². The number of methoxy groups -OCH3 is 1. The van der Waals surface area contributed by atoms with E-state index in [-0.39, 0.29) is 6.61 Å². The highest BCUT2D eigenvalue weighted by molar-refractivity contribution is 5.35. The normalized spacial score (nSPS) is 10.3. The Bertz CT molecular complexity index is 453. The number of aromatic nitrogens is 3. The molecule has 0 atom stereocenters. The standard InChI is InChI=1S/C10H11N3O2/c1-15-10-2-9(4-11-5-10)13-6-8(7-14)3-12-13/h2-6,14H,7H2,1H3. The Balaban J connectivity index is 2.35. The third kappa shape index (κ3) is 1.97. The molecule has 0 saturated heterocycles. The number of aliphatic hydroxyl groups excluding tert-OH is 1. The van der Waals surface area contributed by atoms with Crippen molar-refractivity contribution in [2.75, 3.05) is 7.11 Å². The van der Waals surface area contributed by atoms with Gasteiger partial charge in [-0.2, -0.15) is 5.10 Å². The van der Waals surface area contributed by atoms with E-state index >= 15 is 0 Å². The molecule has 2 rings (SSSR count). The van der Waals surface area contributed by atoms with Crippen LogP contribution in [0.4, 0.5) is 0 Å². The predicted molar refractivity (Wildman–Crippen MR) is 53.8 cm³/mol. The lowest BCUT2D eigenvalue weighted by molar-refractivity contribution is 0.282. The quantitative estimate of drug-likeness (QED) is 0.804. The first kappa shape index (κ1) is 9.67. The summed E-state index contributed by atoms with van der Waals surface area (Å²) < 4.78 is 6.70. The van der Waals surface area contributed by atoms with Gasteiger partial charge in [0.15, 0.2) is 0 Å². The van der Waals surface area contributed by atoms with E-state index in [1.165, 1.54) is 0 Å². The molecule has 0 radical (unpaired) electrons. The molecule has 0 amide bonds. The number of ether oxygens (including phenoxy) is 1. The average Bonchev–Trinajstić information content (AvgIpc) is 2.78. The van der Waals surface area contributed by atoms with Crippen molar-refractivity contribution in [2.45, 2.75) is 6.61 Å². The van der Waals surface area contributed by atoms with Crippen molar-refractivity contribution in [3.05, 3.63) is 36.4 Å². The van der Waals surface area contributed by atoms with E-state index in [9.17, 15) is 0 Å². The summed E-state index contributed by atoms with van der Waals surface area (Å²) in [6, 6.07) is 1.82. The van der Waals surface area contributed by atoms with Gasteiger partial charge in [-0.1, -0.05) is 0 Å². The molecule has 2 heterocycles. The summed E-state index contributed by atoms with van der Waals surface area (Å²) in [6.45, 7) is -0.0165. The molecule has 0 unspecified atom stereocenters. The molecule has 78 valence electrons. The number of hydrogen-bond donors (Lipinski definition) is 1. The molecular formula is C10H11N3O2. The van der Waals surface area contributed by atoms with Crippen molar-refractivity contribution in [2.24, 2.45) is 0 Å². The van der Waals surface area contributed by atoms with E-state index in [1.807, 2.05) is 6.07 Å². The Morgan fingerprint density at radius 1 is 1.40 bits per heavy atom. The van der Waals surface area contributed by atoms with E-state index in [1.54, 1.807) is 36.6 Å². The Morgan fingerprint density at radius 2 is 2.27 bits per heavy atom. The SMILES string of the molecule is COc1cncc(-n2cc(CO)cn2)c1. The lowest BCUT2D eigenvalue weighted by Gasteiger charge is -2.02. The van der Waals surface area contributed by atoms with Crippen molar-refractivity contribution < 1.29 is 9.84 Å². The number of rotatable bonds is 3. The molecule has 0 saturated carbocycles. The fourth-order valence-corrected chi connectivity index (χ4v) is 1.23. The molecule has 5 nitrogen and oxygen atoms in total. The molecule has 0 aliphatic carbocycles. The third-order valence-electron chi connectivity index (χ3n) is 2.02. The van der Waals surface area contributed by atoms with Gasteiger partial charge in [-0.25, -0.2) is 4.68 Å². The van der Waals surface area contributed by atoms with Gasteiger partial charge in [0.2, 0.25) is 0 Å². The molecule has 0 spiro atoms. The molecule has 2 aromatic rings. The van der Waals surface area contributed by atoms with Gasteiger partial charge in [-0.15, -0.1) is 0 Å². The summed E-state index contributed by atoms with van der Waals surface area (Å²) in [7, 11) is 1.59. The van der Waals surface area contributed by atoms with Crippen LogP contribution in [0.1, 0.15) is 5.56 Å². The molecule has 0 aliphatic heterocycles. The van der Waals surface area contributed by atoms with Crippen LogP contribution in [0.5, 0.6) is 5.75 Å².